The summed E-state index contributed by atoms with van der Waals surface area (Å²) in [5.41, 5.74) is 12.5. The van der Waals surface area contributed by atoms with E-state index in [4.69, 9.17) is 9.98 Å². The predicted molar refractivity (Wildman–Crippen MR) is 151 cm³/mol. The van der Waals surface area contributed by atoms with E-state index in [0.29, 0.717) is 0 Å². The van der Waals surface area contributed by atoms with Gasteiger partial charge in [-0.3, -0.25) is 9.98 Å². The Kier molecular flexibility index (Phi) is 9.84. The molecule has 1 rings (SSSR count). The molecule has 0 saturated carbocycles. The number of aliphatic imine (C=N–C) groups is 2. The van der Waals surface area contributed by atoms with Gasteiger partial charge >= 0.3 is 0 Å². The molecule has 0 fully saturated rings. The third-order valence-corrected chi connectivity index (χ3v) is 7.55. The van der Waals surface area contributed by atoms with Crippen molar-refractivity contribution < 1.29 is 0 Å². The summed E-state index contributed by atoms with van der Waals surface area (Å²) >= 11 is 0. The van der Waals surface area contributed by atoms with E-state index in [2.05, 4.69) is 107 Å². The fraction of sp³-hybridized carbons (Fsp3) is 0.548. The van der Waals surface area contributed by atoms with Crippen molar-refractivity contribution in [3.05, 3.63) is 68.9 Å². The van der Waals surface area contributed by atoms with Crippen LogP contribution in [-0.4, -0.2) is 25.5 Å². The maximum Gasteiger partial charge on any atom is 0.0906 e. The first-order chi connectivity index (χ1) is 15.1. The molecule has 2 nitrogen and oxygen atoms in total. The third-order valence-electron chi connectivity index (χ3n) is 7.55. The average Bonchev–Trinajstić information content (AvgIpc) is 2.75. The van der Waals surface area contributed by atoms with Gasteiger partial charge in [-0.2, -0.15) is 0 Å². The molecule has 0 saturated heterocycles. The van der Waals surface area contributed by atoms with Crippen LogP contribution in [0.15, 0.2) is 78.9 Å². The molecule has 0 amide bonds. The molecule has 0 spiro atoms. The molecule has 33 heavy (non-hydrogen) atoms. The Morgan fingerprint density at radius 3 is 1.33 bits per heavy atom. The zero-order valence-electron chi connectivity index (χ0n) is 23.9. The molecule has 2 heteroatoms. The molecule has 0 aliphatic heterocycles. The van der Waals surface area contributed by atoms with E-state index >= 15 is 0 Å². The van der Waals surface area contributed by atoms with Gasteiger partial charge in [0.05, 0.1) is 11.4 Å². The van der Waals surface area contributed by atoms with E-state index in [1.54, 1.807) is 0 Å². The molecule has 0 atom stereocenters. The SMILES string of the molecule is CCC(C)(C)/C(C)=C/C=C(\C)C1=C(C)C(C)=C(/C(C)=C/C=C(\C)C(C)(C)C)C(=N/C)/C1=N\C. The van der Waals surface area contributed by atoms with Crippen LogP contribution in [0.3, 0.4) is 0 Å². The van der Waals surface area contributed by atoms with E-state index in [-0.39, 0.29) is 10.8 Å². The molecule has 0 heterocycles. The van der Waals surface area contributed by atoms with Crippen LogP contribution < -0.4 is 0 Å². The second-order valence-electron chi connectivity index (χ2n) is 11.0. The first-order valence-electron chi connectivity index (χ1n) is 12.2. The summed E-state index contributed by atoms with van der Waals surface area (Å²) in [6.07, 6.45) is 10.1. The molecule has 0 aromatic rings. The molecular weight excluding hydrogens is 400 g/mol. The summed E-state index contributed by atoms with van der Waals surface area (Å²) in [5.74, 6) is 0. The highest BCUT2D eigenvalue weighted by molar-refractivity contribution is 6.56. The van der Waals surface area contributed by atoms with E-state index < -0.39 is 0 Å². The summed E-state index contributed by atoms with van der Waals surface area (Å²) in [6.45, 7) is 26.8. The van der Waals surface area contributed by atoms with Crippen LogP contribution in [0.5, 0.6) is 0 Å². The van der Waals surface area contributed by atoms with Gasteiger partial charge in [0.25, 0.3) is 0 Å². The molecular formula is C31H48N2. The van der Waals surface area contributed by atoms with Crippen LogP contribution in [0, 0.1) is 10.8 Å². The lowest BCUT2D eigenvalue weighted by Crippen LogP contribution is -2.27. The zero-order chi connectivity index (χ0) is 25.7. The minimum atomic E-state index is 0.160. The largest absolute Gasteiger partial charge is 0.286 e. The lowest BCUT2D eigenvalue weighted by Gasteiger charge is -2.27. The quantitative estimate of drug-likeness (QED) is 0.286. The van der Waals surface area contributed by atoms with Crippen molar-refractivity contribution in [1.29, 1.82) is 0 Å². The Bertz CT molecular complexity index is 1000. The van der Waals surface area contributed by atoms with E-state index in [1.165, 1.54) is 44.6 Å². The normalized spacial score (nSPS) is 20.5. The fourth-order valence-electron chi connectivity index (χ4n) is 3.79. The van der Waals surface area contributed by atoms with Gasteiger partial charge in [-0.15, -0.1) is 0 Å². The van der Waals surface area contributed by atoms with Gasteiger partial charge < -0.3 is 0 Å². The Morgan fingerprint density at radius 2 is 1.03 bits per heavy atom. The summed E-state index contributed by atoms with van der Waals surface area (Å²) in [4.78, 5) is 9.47. The molecule has 0 unspecified atom stereocenters. The van der Waals surface area contributed by atoms with Crippen LogP contribution in [0.1, 0.15) is 89.5 Å². The highest BCUT2D eigenvalue weighted by Gasteiger charge is 2.28. The van der Waals surface area contributed by atoms with Crippen LogP contribution in [0.4, 0.5) is 0 Å². The van der Waals surface area contributed by atoms with Gasteiger partial charge in [0.1, 0.15) is 0 Å². The van der Waals surface area contributed by atoms with Crippen molar-refractivity contribution >= 4 is 11.4 Å². The highest BCUT2D eigenvalue weighted by Crippen LogP contribution is 2.35. The Labute approximate surface area is 204 Å². The van der Waals surface area contributed by atoms with E-state index in [1.807, 2.05) is 14.1 Å². The first-order valence-corrected chi connectivity index (χ1v) is 12.2. The topological polar surface area (TPSA) is 24.7 Å². The number of hydrogen-bond donors (Lipinski definition) is 0. The lowest BCUT2D eigenvalue weighted by atomic mass is 9.78. The molecule has 0 bridgehead atoms. The fourth-order valence-corrected chi connectivity index (χ4v) is 3.79. The summed E-state index contributed by atoms with van der Waals surface area (Å²) < 4.78 is 0. The summed E-state index contributed by atoms with van der Waals surface area (Å²) in [7, 11) is 3.76. The summed E-state index contributed by atoms with van der Waals surface area (Å²) in [5, 5.41) is 0. The van der Waals surface area contributed by atoms with Gasteiger partial charge in [0, 0.05) is 25.2 Å². The standard InChI is InChI=1S/C31H48N2/c1-15-31(11,12)23(5)19-17-21(3)27-25(7)24(6)26(28(32-13)29(27)33-14)20(2)16-18-22(4)30(8,9)10/h16-19H,15H2,1-14H3/b20-16+,21-17+,22-18+,23-19+,32-28-,33-29-. The van der Waals surface area contributed by atoms with Crippen LogP contribution in [0.25, 0.3) is 0 Å². The van der Waals surface area contributed by atoms with Crippen LogP contribution in [0.2, 0.25) is 0 Å². The van der Waals surface area contributed by atoms with Crippen LogP contribution >= 0.6 is 0 Å². The van der Waals surface area contributed by atoms with Gasteiger partial charge in [-0.05, 0) is 81.1 Å². The van der Waals surface area contributed by atoms with Gasteiger partial charge in [0.15, 0.2) is 0 Å². The minimum absolute atomic E-state index is 0.160. The number of hydrogen-bond acceptors (Lipinski definition) is 2. The second-order valence-corrected chi connectivity index (χ2v) is 11.0. The second kappa shape index (κ2) is 11.3. The van der Waals surface area contributed by atoms with E-state index in [9.17, 15) is 0 Å². The molecule has 0 aromatic heterocycles. The van der Waals surface area contributed by atoms with Crippen molar-refractivity contribution in [3.63, 3.8) is 0 Å². The van der Waals surface area contributed by atoms with Crippen molar-refractivity contribution in [2.75, 3.05) is 14.1 Å². The molecule has 0 radical (unpaired) electrons. The minimum Gasteiger partial charge on any atom is -0.286 e. The maximum absolute atomic E-state index is 4.74. The molecule has 182 valence electrons. The molecule has 1 aliphatic rings. The lowest BCUT2D eigenvalue weighted by molar-refractivity contribution is 0.429. The Morgan fingerprint density at radius 1 is 0.667 bits per heavy atom. The smallest absolute Gasteiger partial charge is 0.0906 e. The third kappa shape index (κ3) is 6.65. The maximum atomic E-state index is 4.74. The number of rotatable bonds is 6. The number of allylic oxidation sites excluding steroid dienone is 12. The van der Waals surface area contributed by atoms with Crippen molar-refractivity contribution in [2.45, 2.75) is 89.5 Å². The zero-order valence-corrected chi connectivity index (χ0v) is 23.9. The highest BCUT2D eigenvalue weighted by atomic mass is 14.8. The number of nitrogens with zero attached hydrogens (tertiary/aromatic N) is 2. The van der Waals surface area contributed by atoms with Crippen LogP contribution in [-0.2, 0) is 0 Å². The Hall–Kier alpha value is -2.22. The van der Waals surface area contributed by atoms with Crippen molar-refractivity contribution in [1.82, 2.24) is 0 Å². The van der Waals surface area contributed by atoms with E-state index in [0.717, 1.165) is 17.8 Å². The molecule has 0 N–H and O–H groups in total. The van der Waals surface area contributed by atoms with Gasteiger partial charge in [0.2, 0.25) is 0 Å². The van der Waals surface area contributed by atoms with Gasteiger partial charge in [-0.25, -0.2) is 0 Å². The summed E-state index contributed by atoms with van der Waals surface area (Å²) in [6, 6.07) is 0. The Balaban J connectivity index is 3.72. The monoisotopic (exact) mass is 448 g/mol. The van der Waals surface area contributed by atoms with Crippen molar-refractivity contribution in [3.8, 4) is 0 Å². The van der Waals surface area contributed by atoms with Gasteiger partial charge in [-0.1, -0.05) is 77.0 Å². The first kappa shape index (κ1) is 28.8. The molecule has 1 aliphatic carbocycles. The molecule has 0 aromatic carbocycles. The van der Waals surface area contributed by atoms with Crippen molar-refractivity contribution in [2.24, 2.45) is 20.8 Å². The predicted octanol–water partition coefficient (Wildman–Crippen LogP) is 9.04. The average molecular weight is 449 g/mol.